The van der Waals surface area contributed by atoms with Crippen molar-refractivity contribution in [3.05, 3.63) is 29.6 Å². The molecule has 0 aliphatic heterocycles. The van der Waals surface area contributed by atoms with Crippen LogP contribution in [-0.2, 0) is 6.54 Å². The van der Waals surface area contributed by atoms with Crippen molar-refractivity contribution in [2.24, 2.45) is 5.92 Å². The Hall–Kier alpha value is -1.09. The van der Waals surface area contributed by atoms with Crippen LogP contribution < -0.4 is 10.2 Å². The molecule has 3 rings (SSSR count). The maximum absolute atomic E-state index is 13.9. The average molecular weight is 276 g/mol. The zero-order valence-electron chi connectivity index (χ0n) is 12.4. The molecule has 0 heterocycles. The lowest BCUT2D eigenvalue weighted by Gasteiger charge is -2.25. The molecule has 0 amide bonds. The Labute approximate surface area is 121 Å². The number of benzene rings is 1. The summed E-state index contributed by atoms with van der Waals surface area (Å²) in [5, 5.41) is 3.36. The minimum absolute atomic E-state index is 0.0998. The number of hydrogen-bond donors (Lipinski definition) is 1. The van der Waals surface area contributed by atoms with E-state index in [4.69, 9.17) is 0 Å². The fourth-order valence-corrected chi connectivity index (χ4v) is 2.74. The number of halogens is 1. The van der Waals surface area contributed by atoms with Crippen LogP contribution in [0.2, 0.25) is 0 Å². The third-order valence-electron chi connectivity index (χ3n) is 4.17. The Kier molecular flexibility index (Phi) is 4.25. The number of hydrogen-bond acceptors (Lipinski definition) is 2. The molecule has 2 aliphatic rings. The molecule has 1 aromatic rings. The Morgan fingerprint density at radius 3 is 2.65 bits per heavy atom. The molecule has 0 atom stereocenters. The van der Waals surface area contributed by atoms with Gasteiger partial charge in [-0.25, -0.2) is 4.39 Å². The second-order valence-corrected chi connectivity index (χ2v) is 6.32. The third kappa shape index (κ3) is 3.72. The van der Waals surface area contributed by atoms with Crippen molar-refractivity contribution in [1.82, 2.24) is 5.32 Å². The zero-order chi connectivity index (χ0) is 13.9. The van der Waals surface area contributed by atoms with Crippen molar-refractivity contribution >= 4 is 5.69 Å². The van der Waals surface area contributed by atoms with Gasteiger partial charge in [0.05, 0.1) is 0 Å². The summed E-state index contributed by atoms with van der Waals surface area (Å²) in [6, 6.07) is 6.21. The van der Waals surface area contributed by atoms with Gasteiger partial charge in [0, 0.05) is 24.8 Å². The van der Waals surface area contributed by atoms with Gasteiger partial charge in [-0.1, -0.05) is 6.92 Å². The van der Waals surface area contributed by atoms with Gasteiger partial charge >= 0.3 is 0 Å². The molecule has 2 aliphatic carbocycles. The summed E-state index contributed by atoms with van der Waals surface area (Å²) in [6.07, 6.45) is 6.35. The van der Waals surface area contributed by atoms with Crippen LogP contribution in [-0.4, -0.2) is 19.1 Å². The van der Waals surface area contributed by atoms with E-state index in [-0.39, 0.29) is 5.82 Å². The monoisotopic (exact) mass is 276 g/mol. The van der Waals surface area contributed by atoms with Gasteiger partial charge in [0.25, 0.3) is 0 Å². The van der Waals surface area contributed by atoms with Crippen molar-refractivity contribution in [1.29, 1.82) is 0 Å². The van der Waals surface area contributed by atoms with Gasteiger partial charge in [0.1, 0.15) is 5.82 Å². The predicted molar refractivity (Wildman–Crippen MR) is 81.5 cm³/mol. The molecule has 0 bridgehead atoms. The molecule has 1 aromatic carbocycles. The maximum Gasteiger partial charge on any atom is 0.125 e. The highest BCUT2D eigenvalue weighted by molar-refractivity contribution is 5.51. The van der Waals surface area contributed by atoms with Crippen LogP contribution in [0.25, 0.3) is 0 Å². The van der Waals surface area contributed by atoms with Gasteiger partial charge in [0.15, 0.2) is 0 Å². The van der Waals surface area contributed by atoms with E-state index in [9.17, 15) is 4.39 Å². The molecule has 2 nitrogen and oxygen atoms in total. The zero-order valence-corrected chi connectivity index (χ0v) is 12.4. The normalized spacial score (nSPS) is 18.3. The number of nitrogens with zero attached hydrogens (tertiary/aromatic N) is 1. The molecule has 0 spiro atoms. The van der Waals surface area contributed by atoms with E-state index in [0.29, 0.717) is 6.04 Å². The first-order chi connectivity index (χ1) is 9.76. The van der Waals surface area contributed by atoms with Crippen LogP contribution in [0.15, 0.2) is 18.2 Å². The van der Waals surface area contributed by atoms with E-state index in [0.717, 1.165) is 43.2 Å². The summed E-state index contributed by atoms with van der Waals surface area (Å²) < 4.78 is 13.9. The average Bonchev–Trinajstić information content (AvgIpc) is 3.28. The molecule has 2 saturated carbocycles. The molecule has 3 heteroatoms. The molecule has 110 valence electrons. The first-order valence-corrected chi connectivity index (χ1v) is 8.03. The van der Waals surface area contributed by atoms with Crippen molar-refractivity contribution in [3.63, 3.8) is 0 Å². The fourth-order valence-electron chi connectivity index (χ4n) is 2.74. The van der Waals surface area contributed by atoms with Crippen molar-refractivity contribution in [2.75, 3.05) is 18.0 Å². The highest BCUT2D eigenvalue weighted by Crippen LogP contribution is 2.38. The lowest BCUT2D eigenvalue weighted by Crippen LogP contribution is -2.28. The van der Waals surface area contributed by atoms with Crippen LogP contribution in [0.1, 0.15) is 44.6 Å². The highest BCUT2D eigenvalue weighted by atomic mass is 19.1. The van der Waals surface area contributed by atoms with Crippen molar-refractivity contribution in [3.8, 4) is 0 Å². The lowest BCUT2D eigenvalue weighted by atomic mass is 10.1. The molecule has 20 heavy (non-hydrogen) atoms. The van der Waals surface area contributed by atoms with Crippen molar-refractivity contribution in [2.45, 2.75) is 51.6 Å². The van der Waals surface area contributed by atoms with Gasteiger partial charge in [-0.05, 0) is 68.3 Å². The summed E-state index contributed by atoms with van der Waals surface area (Å²) >= 11 is 0. The molecule has 0 saturated heterocycles. The number of nitrogens with one attached hydrogen (secondary N) is 1. The van der Waals surface area contributed by atoms with Crippen LogP contribution in [0, 0.1) is 11.7 Å². The quantitative estimate of drug-likeness (QED) is 0.728. The minimum atomic E-state index is -0.0998. The summed E-state index contributed by atoms with van der Waals surface area (Å²) in [5.41, 5.74) is 2.16. The maximum atomic E-state index is 13.9. The van der Waals surface area contributed by atoms with Gasteiger partial charge in [0.2, 0.25) is 0 Å². The van der Waals surface area contributed by atoms with E-state index < -0.39 is 0 Å². The predicted octanol–water partition coefficient (Wildman–Crippen LogP) is 3.70. The number of anilines is 1. The Morgan fingerprint density at radius 1 is 1.20 bits per heavy atom. The standard InChI is InChI=1S/C17H25FN2/c1-2-7-19-11-14-8-15(18)10-17(9-14)20(16-5-6-16)12-13-3-4-13/h8-10,13,16,19H,2-7,11-12H2,1H3. The van der Waals surface area contributed by atoms with Crippen LogP contribution in [0.3, 0.4) is 0 Å². The van der Waals surface area contributed by atoms with E-state index in [1.165, 1.54) is 25.7 Å². The van der Waals surface area contributed by atoms with Crippen LogP contribution in [0.4, 0.5) is 10.1 Å². The molecule has 0 unspecified atom stereocenters. The van der Waals surface area contributed by atoms with Gasteiger partial charge in [-0.3, -0.25) is 0 Å². The number of rotatable bonds is 8. The Balaban J connectivity index is 1.72. The molecule has 2 fully saturated rings. The highest BCUT2D eigenvalue weighted by Gasteiger charge is 2.34. The third-order valence-corrected chi connectivity index (χ3v) is 4.17. The van der Waals surface area contributed by atoms with Crippen LogP contribution in [0.5, 0.6) is 0 Å². The van der Waals surface area contributed by atoms with Gasteiger partial charge in [-0.15, -0.1) is 0 Å². The van der Waals surface area contributed by atoms with E-state index >= 15 is 0 Å². The van der Waals surface area contributed by atoms with Crippen LogP contribution >= 0.6 is 0 Å². The molecule has 0 radical (unpaired) electrons. The summed E-state index contributed by atoms with van der Waals surface area (Å²) in [7, 11) is 0. The summed E-state index contributed by atoms with van der Waals surface area (Å²) in [6.45, 7) is 5.02. The molecular formula is C17H25FN2. The fraction of sp³-hybridized carbons (Fsp3) is 0.647. The molecule has 0 aromatic heterocycles. The van der Waals surface area contributed by atoms with Crippen molar-refractivity contribution < 1.29 is 4.39 Å². The molecule has 1 N–H and O–H groups in total. The first kappa shape index (κ1) is 13.9. The topological polar surface area (TPSA) is 15.3 Å². The van der Waals surface area contributed by atoms with E-state index in [1.807, 2.05) is 0 Å². The van der Waals surface area contributed by atoms with Gasteiger partial charge < -0.3 is 10.2 Å². The second kappa shape index (κ2) is 6.13. The lowest BCUT2D eigenvalue weighted by molar-refractivity contribution is 0.616. The Bertz CT molecular complexity index is 452. The first-order valence-electron chi connectivity index (χ1n) is 8.03. The van der Waals surface area contributed by atoms with Gasteiger partial charge in [-0.2, -0.15) is 0 Å². The van der Waals surface area contributed by atoms with E-state index in [2.05, 4.69) is 23.2 Å². The molecular weight excluding hydrogens is 251 g/mol. The minimum Gasteiger partial charge on any atom is -0.368 e. The second-order valence-electron chi connectivity index (χ2n) is 6.32. The summed E-state index contributed by atoms with van der Waals surface area (Å²) in [5.74, 6) is 0.748. The SMILES string of the molecule is CCCNCc1cc(F)cc(N(CC2CC2)C2CC2)c1. The Morgan fingerprint density at radius 2 is 2.00 bits per heavy atom. The summed E-state index contributed by atoms with van der Waals surface area (Å²) in [4.78, 5) is 2.45. The smallest absolute Gasteiger partial charge is 0.125 e. The van der Waals surface area contributed by atoms with E-state index in [1.54, 1.807) is 12.1 Å². The largest absolute Gasteiger partial charge is 0.368 e.